The van der Waals surface area contributed by atoms with E-state index in [1.807, 2.05) is 29.7 Å². The first-order chi connectivity index (χ1) is 7.95. The number of rotatable bonds is 6. The summed E-state index contributed by atoms with van der Waals surface area (Å²) in [6, 6.07) is 0.255. The zero-order valence-electron chi connectivity index (χ0n) is 11.0. The third-order valence-corrected chi connectivity index (χ3v) is 3.26. The van der Waals surface area contributed by atoms with Crippen LogP contribution in [0.4, 0.5) is 0 Å². The number of nitrogens with zero attached hydrogens (tertiary/aromatic N) is 3. The van der Waals surface area contributed by atoms with Crippen LogP contribution in [0, 0.1) is 6.92 Å². The average molecular weight is 239 g/mol. The third kappa shape index (κ3) is 3.56. The highest BCUT2D eigenvalue weighted by molar-refractivity contribution is 5.69. The standard InChI is InChI=1S/C12H21N3O2/c1-5-9(2)15(8-12(16)17)7-11-6-13-14(4)10(11)3/h6,9H,5,7-8H2,1-4H3,(H,16,17). The molecular weight excluding hydrogens is 218 g/mol. The highest BCUT2D eigenvalue weighted by Crippen LogP contribution is 2.13. The Morgan fingerprint density at radius 2 is 2.29 bits per heavy atom. The molecule has 1 unspecified atom stereocenters. The number of aliphatic carboxylic acids is 1. The van der Waals surface area contributed by atoms with Gasteiger partial charge in [-0.2, -0.15) is 5.10 Å². The van der Waals surface area contributed by atoms with Crippen molar-refractivity contribution in [3.8, 4) is 0 Å². The van der Waals surface area contributed by atoms with E-state index in [1.165, 1.54) is 0 Å². The predicted molar refractivity (Wildman–Crippen MR) is 65.7 cm³/mol. The fourth-order valence-electron chi connectivity index (χ4n) is 1.72. The minimum Gasteiger partial charge on any atom is -0.480 e. The van der Waals surface area contributed by atoms with E-state index in [0.717, 1.165) is 17.7 Å². The Kier molecular flexibility index (Phi) is 4.69. The second-order valence-corrected chi connectivity index (χ2v) is 4.43. The molecule has 5 nitrogen and oxygen atoms in total. The summed E-state index contributed by atoms with van der Waals surface area (Å²) in [6.45, 7) is 6.83. The number of aromatic nitrogens is 2. The lowest BCUT2D eigenvalue weighted by atomic mass is 10.1. The van der Waals surface area contributed by atoms with Gasteiger partial charge in [-0.25, -0.2) is 0 Å². The van der Waals surface area contributed by atoms with Gasteiger partial charge in [-0.15, -0.1) is 0 Å². The highest BCUT2D eigenvalue weighted by atomic mass is 16.4. The molecule has 1 heterocycles. The van der Waals surface area contributed by atoms with Gasteiger partial charge in [0.1, 0.15) is 0 Å². The van der Waals surface area contributed by atoms with Gasteiger partial charge in [0.15, 0.2) is 0 Å². The molecule has 0 saturated carbocycles. The summed E-state index contributed by atoms with van der Waals surface area (Å²) >= 11 is 0. The van der Waals surface area contributed by atoms with Gasteiger partial charge in [0.25, 0.3) is 0 Å². The van der Waals surface area contributed by atoms with E-state index in [-0.39, 0.29) is 12.6 Å². The van der Waals surface area contributed by atoms with E-state index >= 15 is 0 Å². The monoisotopic (exact) mass is 239 g/mol. The van der Waals surface area contributed by atoms with Crippen LogP contribution in [-0.2, 0) is 18.4 Å². The molecule has 0 spiro atoms. The minimum atomic E-state index is -0.785. The van der Waals surface area contributed by atoms with Crippen molar-refractivity contribution >= 4 is 5.97 Å². The largest absolute Gasteiger partial charge is 0.480 e. The molecule has 0 bridgehead atoms. The summed E-state index contributed by atoms with van der Waals surface area (Å²) < 4.78 is 1.81. The molecule has 0 radical (unpaired) electrons. The van der Waals surface area contributed by atoms with E-state index in [9.17, 15) is 4.79 Å². The van der Waals surface area contributed by atoms with Gasteiger partial charge in [0.05, 0.1) is 12.7 Å². The maximum Gasteiger partial charge on any atom is 0.317 e. The second-order valence-electron chi connectivity index (χ2n) is 4.43. The Morgan fingerprint density at radius 3 is 2.71 bits per heavy atom. The average Bonchev–Trinajstić information content (AvgIpc) is 2.58. The van der Waals surface area contributed by atoms with Crippen LogP contribution in [-0.4, -0.2) is 38.3 Å². The normalized spacial score (nSPS) is 13.0. The van der Waals surface area contributed by atoms with Crippen LogP contribution >= 0.6 is 0 Å². The summed E-state index contributed by atoms with van der Waals surface area (Å²) in [5, 5.41) is 13.1. The molecule has 0 amide bonds. The van der Waals surface area contributed by atoms with Crippen molar-refractivity contribution < 1.29 is 9.90 Å². The maximum atomic E-state index is 10.8. The zero-order chi connectivity index (χ0) is 13.0. The molecule has 0 saturated heterocycles. The lowest BCUT2D eigenvalue weighted by Crippen LogP contribution is -2.36. The van der Waals surface area contributed by atoms with Crippen LogP contribution in [0.1, 0.15) is 31.5 Å². The number of carbonyl (C=O) groups is 1. The predicted octanol–water partition coefficient (Wildman–Crippen LogP) is 1.41. The summed E-state index contributed by atoms with van der Waals surface area (Å²) in [7, 11) is 1.89. The molecule has 0 fully saturated rings. The van der Waals surface area contributed by atoms with E-state index in [4.69, 9.17) is 5.11 Å². The van der Waals surface area contributed by atoms with Gasteiger partial charge in [-0.3, -0.25) is 14.4 Å². The lowest BCUT2D eigenvalue weighted by Gasteiger charge is -2.26. The molecule has 0 aliphatic carbocycles. The van der Waals surface area contributed by atoms with E-state index in [0.29, 0.717) is 6.54 Å². The van der Waals surface area contributed by atoms with Crippen LogP contribution in [0.3, 0.4) is 0 Å². The molecule has 1 aromatic rings. The number of carboxylic acids is 1. The Morgan fingerprint density at radius 1 is 1.65 bits per heavy atom. The van der Waals surface area contributed by atoms with Crippen molar-refractivity contribution in [2.75, 3.05) is 6.54 Å². The van der Waals surface area contributed by atoms with Crippen LogP contribution in [0.25, 0.3) is 0 Å². The topological polar surface area (TPSA) is 58.4 Å². The zero-order valence-corrected chi connectivity index (χ0v) is 11.0. The first-order valence-electron chi connectivity index (χ1n) is 5.89. The van der Waals surface area contributed by atoms with Gasteiger partial charge >= 0.3 is 5.97 Å². The van der Waals surface area contributed by atoms with E-state index < -0.39 is 5.97 Å². The number of carboxylic acid groups (broad SMARTS) is 1. The Hall–Kier alpha value is -1.36. The van der Waals surface area contributed by atoms with Gasteiger partial charge in [-0.1, -0.05) is 6.92 Å². The van der Waals surface area contributed by atoms with Gasteiger partial charge in [-0.05, 0) is 20.3 Å². The Balaban J connectivity index is 2.78. The van der Waals surface area contributed by atoms with E-state index in [1.54, 1.807) is 0 Å². The van der Waals surface area contributed by atoms with Crippen molar-refractivity contribution in [1.29, 1.82) is 0 Å². The Bertz CT molecular complexity index is 387. The summed E-state index contributed by atoms with van der Waals surface area (Å²) in [5.41, 5.74) is 2.18. The number of aryl methyl sites for hydroxylation is 1. The highest BCUT2D eigenvalue weighted by Gasteiger charge is 2.17. The quantitative estimate of drug-likeness (QED) is 0.815. The number of hydrogen-bond donors (Lipinski definition) is 1. The summed E-state index contributed by atoms with van der Waals surface area (Å²) in [6.07, 6.45) is 2.75. The third-order valence-electron chi connectivity index (χ3n) is 3.26. The number of hydrogen-bond acceptors (Lipinski definition) is 3. The smallest absolute Gasteiger partial charge is 0.317 e. The van der Waals surface area contributed by atoms with Crippen molar-refractivity contribution in [3.05, 3.63) is 17.5 Å². The van der Waals surface area contributed by atoms with E-state index in [2.05, 4.69) is 18.9 Å². The maximum absolute atomic E-state index is 10.8. The first kappa shape index (κ1) is 13.7. The Labute approximate surface area is 102 Å². The molecule has 1 aromatic heterocycles. The molecule has 1 N–H and O–H groups in total. The van der Waals surface area contributed by atoms with Gasteiger partial charge in [0, 0.05) is 30.9 Å². The molecular formula is C12H21N3O2. The van der Waals surface area contributed by atoms with Gasteiger partial charge in [0.2, 0.25) is 0 Å². The van der Waals surface area contributed by atoms with Crippen LogP contribution in [0.2, 0.25) is 0 Å². The van der Waals surface area contributed by atoms with Crippen molar-refractivity contribution in [3.63, 3.8) is 0 Å². The fourth-order valence-corrected chi connectivity index (χ4v) is 1.72. The molecule has 96 valence electrons. The first-order valence-corrected chi connectivity index (χ1v) is 5.89. The minimum absolute atomic E-state index is 0.0728. The molecule has 0 aromatic carbocycles. The molecule has 1 atom stereocenters. The molecule has 0 aliphatic heterocycles. The van der Waals surface area contributed by atoms with Gasteiger partial charge < -0.3 is 5.11 Å². The van der Waals surface area contributed by atoms with Crippen molar-refractivity contribution in [2.45, 2.75) is 39.8 Å². The second kappa shape index (κ2) is 5.82. The van der Waals surface area contributed by atoms with Crippen LogP contribution in [0.5, 0.6) is 0 Å². The fraction of sp³-hybridized carbons (Fsp3) is 0.667. The van der Waals surface area contributed by atoms with Crippen molar-refractivity contribution in [2.24, 2.45) is 7.05 Å². The summed E-state index contributed by atoms with van der Waals surface area (Å²) in [5.74, 6) is -0.785. The van der Waals surface area contributed by atoms with Crippen LogP contribution < -0.4 is 0 Å². The van der Waals surface area contributed by atoms with Crippen molar-refractivity contribution in [1.82, 2.24) is 14.7 Å². The van der Waals surface area contributed by atoms with Crippen LogP contribution in [0.15, 0.2) is 6.20 Å². The SMILES string of the molecule is CCC(C)N(CC(=O)O)Cc1cnn(C)c1C. The molecule has 17 heavy (non-hydrogen) atoms. The molecule has 1 rings (SSSR count). The summed E-state index contributed by atoms with van der Waals surface area (Å²) in [4.78, 5) is 12.8. The lowest BCUT2D eigenvalue weighted by molar-refractivity contribution is -0.139. The molecule has 0 aliphatic rings. The molecule has 5 heteroatoms.